The molecule has 1 saturated heterocycles. The van der Waals surface area contributed by atoms with E-state index < -0.39 is 0 Å². The Kier molecular flexibility index (Phi) is 4.08. The highest BCUT2D eigenvalue weighted by atomic mass is 16.4. The second-order valence-corrected chi connectivity index (χ2v) is 5.85. The molecule has 1 aliphatic rings. The summed E-state index contributed by atoms with van der Waals surface area (Å²) >= 11 is 0. The second-order valence-electron chi connectivity index (χ2n) is 5.85. The van der Waals surface area contributed by atoms with Crippen LogP contribution in [0.5, 0.6) is 0 Å². The summed E-state index contributed by atoms with van der Waals surface area (Å²) in [5.41, 5.74) is 2.74. The highest BCUT2D eigenvalue weighted by Gasteiger charge is 2.16. The highest BCUT2D eigenvalue weighted by molar-refractivity contribution is 5.80. The van der Waals surface area contributed by atoms with Crippen LogP contribution in [0, 0.1) is 0 Å². The summed E-state index contributed by atoms with van der Waals surface area (Å²) < 4.78 is 5.37. The van der Waals surface area contributed by atoms with Gasteiger partial charge in [0.25, 0.3) is 0 Å². The Bertz CT molecular complexity index is 685. The zero-order chi connectivity index (χ0) is 14.8. The minimum absolute atomic E-state index is 0.250. The van der Waals surface area contributed by atoms with Gasteiger partial charge in [0, 0.05) is 44.2 Å². The Hall–Kier alpha value is -1.65. The molecule has 4 nitrogen and oxygen atoms in total. The first-order chi connectivity index (χ1) is 10.2. The molecule has 0 radical (unpaired) electrons. The fourth-order valence-corrected chi connectivity index (χ4v) is 2.87. The summed E-state index contributed by atoms with van der Waals surface area (Å²) in [7, 11) is 2.15. The molecule has 2 aromatic rings. The number of fused-ring (bicyclic) bond motifs is 1. The molecule has 112 valence electrons. The van der Waals surface area contributed by atoms with Crippen molar-refractivity contribution in [3.05, 3.63) is 45.8 Å². The lowest BCUT2D eigenvalue weighted by Crippen LogP contribution is -2.43. The Balaban J connectivity index is 1.92. The van der Waals surface area contributed by atoms with Gasteiger partial charge in [0.1, 0.15) is 5.58 Å². The number of nitrogens with zero attached hydrogens (tertiary/aromatic N) is 2. The molecule has 4 heteroatoms. The van der Waals surface area contributed by atoms with Crippen molar-refractivity contribution in [2.24, 2.45) is 0 Å². The normalized spacial score (nSPS) is 17.4. The highest BCUT2D eigenvalue weighted by Crippen LogP contribution is 2.20. The van der Waals surface area contributed by atoms with Crippen molar-refractivity contribution in [2.45, 2.75) is 19.9 Å². The van der Waals surface area contributed by atoms with Crippen LogP contribution in [-0.4, -0.2) is 43.0 Å². The molecule has 1 fully saturated rings. The van der Waals surface area contributed by atoms with Crippen LogP contribution in [0.15, 0.2) is 33.5 Å². The van der Waals surface area contributed by atoms with Gasteiger partial charge in [-0.3, -0.25) is 4.90 Å². The number of likely N-dealkylation sites (N-methyl/N-ethyl adjacent to an activating group) is 1. The predicted octanol–water partition coefficient (Wildman–Crippen LogP) is 2.10. The van der Waals surface area contributed by atoms with Crippen molar-refractivity contribution < 1.29 is 4.42 Å². The first-order valence-corrected chi connectivity index (χ1v) is 7.62. The van der Waals surface area contributed by atoms with Crippen molar-refractivity contribution >= 4 is 11.0 Å². The molecule has 0 atom stereocenters. The minimum Gasteiger partial charge on any atom is -0.423 e. The zero-order valence-electron chi connectivity index (χ0n) is 12.8. The largest absolute Gasteiger partial charge is 0.423 e. The van der Waals surface area contributed by atoms with Gasteiger partial charge >= 0.3 is 5.63 Å². The molecule has 1 aromatic carbocycles. The maximum absolute atomic E-state index is 11.8. The molecule has 1 aliphatic heterocycles. The molecule has 0 aliphatic carbocycles. The maximum atomic E-state index is 11.8. The first-order valence-electron chi connectivity index (χ1n) is 7.62. The van der Waals surface area contributed by atoms with Gasteiger partial charge in [-0.05, 0) is 30.7 Å². The topological polar surface area (TPSA) is 36.7 Å². The number of aryl methyl sites for hydroxylation is 1. The molecule has 21 heavy (non-hydrogen) atoms. The van der Waals surface area contributed by atoms with Gasteiger partial charge in [0.2, 0.25) is 0 Å². The third kappa shape index (κ3) is 3.17. The lowest BCUT2D eigenvalue weighted by atomic mass is 10.1. The lowest BCUT2D eigenvalue weighted by molar-refractivity contribution is 0.148. The van der Waals surface area contributed by atoms with Crippen LogP contribution in [0.3, 0.4) is 0 Å². The SMILES string of the molecule is CCc1ccc2c(CN3CCN(C)CC3)cc(=O)oc2c1. The quantitative estimate of drug-likeness (QED) is 0.810. The van der Waals surface area contributed by atoms with Crippen molar-refractivity contribution in [1.29, 1.82) is 0 Å². The minimum atomic E-state index is -0.250. The Morgan fingerprint density at radius 1 is 1.14 bits per heavy atom. The summed E-state index contributed by atoms with van der Waals surface area (Å²) in [4.78, 5) is 16.5. The van der Waals surface area contributed by atoms with Crippen LogP contribution < -0.4 is 5.63 Å². The van der Waals surface area contributed by atoms with E-state index in [2.05, 4.69) is 35.9 Å². The molecule has 0 amide bonds. The van der Waals surface area contributed by atoms with Crippen LogP contribution in [0.2, 0.25) is 0 Å². The van der Waals surface area contributed by atoms with Crippen molar-refractivity contribution in [3.63, 3.8) is 0 Å². The molecule has 1 aromatic heterocycles. The molecular formula is C17H22N2O2. The number of hydrogen-bond acceptors (Lipinski definition) is 4. The third-order valence-corrected chi connectivity index (χ3v) is 4.29. The summed E-state index contributed by atoms with van der Waals surface area (Å²) in [5.74, 6) is 0. The van der Waals surface area contributed by atoms with Gasteiger partial charge in [-0.15, -0.1) is 0 Å². The summed E-state index contributed by atoms with van der Waals surface area (Å²) in [5, 5.41) is 1.06. The zero-order valence-corrected chi connectivity index (χ0v) is 12.8. The van der Waals surface area contributed by atoms with Crippen molar-refractivity contribution in [2.75, 3.05) is 33.2 Å². The monoisotopic (exact) mass is 286 g/mol. The summed E-state index contributed by atoms with van der Waals surface area (Å²) in [6, 6.07) is 7.84. The van der Waals surface area contributed by atoms with Gasteiger partial charge in [-0.25, -0.2) is 4.79 Å². The third-order valence-electron chi connectivity index (χ3n) is 4.29. The molecule has 0 spiro atoms. The number of benzene rings is 1. The lowest BCUT2D eigenvalue weighted by Gasteiger charge is -2.32. The van der Waals surface area contributed by atoms with E-state index in [4.69, 9.17) is 4.42 Å². The van der Waals surface area contributed by atoms with E-state index in [0.29, 0.717) is 5.58 Å². The molecular weight excluding hydrogens is 264 g/mol. The van der Waals surface area contributed by atoms with Gasteiger partial charge in [-0.1, -0.05) is 19.1 Å². The Morgan fingerprint density at radius 3 is 2.62 bits per heavy atom. The molecule has 3 rings (SSSR count). The standard InChI is InChI=1S/C17H22N2O2/c1-3-13-4-5-15-14(11-17(20)21-16(15)10-13)12-19-8-6-18(2)7-9-19/h4-5,10-11H,3,6-9,12H2,1-2H3. The fourth-order valence-electron chi connectivity index (χ4n) is 2.87. The van der Waals surface area contributed by atoms with E-state index in [1.807, 2.05) is 6.07 Å². The number of hydrogen-bond donors (Lipinski definition) is 0. The molecule has 0 bridgehead atoms. The Morgan fingerprint density at radius 2 is 1.90 bits per heavy atom. The first kappa shape index (κ1) is 14.3. The van der Waals surface area contributed by atoms with Crippen LogP contribution in [0.4, 0.5) is 0 Å². The fraction of sp³-hybridized carbons (Fsp3) is 0.471. The molecule has 2 heterocycles. The molecule has 0 saturated carbocycles. The van der Waals surface area contributed by atoms with Crippen LogP contribution in [-0.2, 0) is 13.0 Å². The Labute approximate surface area is 125 Å². The van der Waals surface area contributed by atoms with E-state index in [9.17, 15) is 4.79 Å². The van der Waals surface area contributed by atoms with Gasteiger partial charge in [0.15, 0.2) is 0 Å². The van der Waals surface area contributed by atoms with E-state index in [1.165, 1.54) is 5.56 Å². The van der Waals surface area contributed by atoms with E-state index >= 15 is 0 Å². The predicted molar refractivity (Wildman–Crippen MR) is 84.6 cm³/mol. The second kappa shape index (κ2) is 6.00. The number of piperazine rings is 1. The molecule has 0 unspecified atom stereocenters. The van der Waals surface area contributed by atoms with Gasteiger partial charge in [-0.2, -0.15) is 0 Å². The summed E-state index contributed by atoms with van der Waals surface area (Å²) in [6.45, 7) is 7.18. The van der Waals surface area contributed by atoms with Crippen LogP contribution >= 0.6 is 0 Å². The van der Waals surface area contributed by atoms with Crippen molar-refractivity contribution in [3.8, 4) is 0 Å². The maximum Gasteiger partial charge on any atom is 0.336 e. The van der Waals surface area contributed by atoms with Crippen LogP contribution in [0.1, 0.15) is 18.1 Å². The molecule has 0 N–H and O–H groups in total. The van der Waals surface area contributed by atoms with Crippen LogP contribution in [0.25, 0.3) is 11.0 Å². The van der Waals surface area contributed by atoms with Gasteiger partial charge < -0.3 is 9.32 Å². The number of rotatable bonds is 3. The average Bonchev–Trinajstić information content (AvgIpc) is 2.48. The van der Waals surface area contributed by atoms with E-state index in [1.54, 1.807) is 6.07 Å². The smallest absolute Gasteiger partial charge is 0.336 e. The van der Waals surface area contributed by atoms with Gasteiger partial charge in [0.05, 0.1) is 0 Å². The average molecular weight is 286 g/mol. The summed E-state index contributed by atoms with van der Waals surface area (Å²) in [6.07, 6.45) is 0.947. The van der Waals surface area contributed by atoms with E-state index in [-0.39, 0.29) is 5.63 Å². The van der Waals surface area contributed by atoms with Crippen molar-refractivity contribution in [1.82, 2.24) is 9.80 Å². The van der Waals surface area contributed by atoms with E-state index in [0.717, 1.165) is 50.1 Å².